The summed E-state index contributed by atoms with van der Waals surface area (Å²) in [5, 5.41) is 7.07. The topological polar surface area (TPSA) is 80.5 Å². The van der Waals surface area contributed by atoms with Crippen LogP contribution in [0.4, 0.5) is 38.1 Å². The molecule has 8 nitrogen and oxygen atoms in total. The molecule has 182 valence electrons. The largest absolute Gasteiger partial charge is 0.480 e. The zero-order valence-corrected chi connectivity index (χ0v) is 17.5. The third-order valence-electron chi connectivity index (χ3n) is 6.15. The van der Waals surface area contributed by atoms with Crippen molar-refractivity contribution < 1.29 is 31.1 Å². The Hall–Kier alpha value is -3.32. The average molecular weight is 487 g/mol. The average Bonchev–Trinajstić information content (AvgIpc) is 3.28. The van der Waals surface area contributed by atoms with Gasteiger partial charge in [-0.15, -0.1) is 5.10 Å². The van der Waals surface area contributed by atoms with Crippen LogP contribution in [0.15, 0.2) is 30.7 Å². The van der Waals surface area contributed by atoms with E-state index in [9.17, 15) is 26.3 Å². The van der Waals surface area contributed by atoms with E-state index in [1.54, 1.807) is 6.20 Å². The van der Waals surface area contributed by atoms with Gasteiger partial charge in [0, 0.05) is 25.3 Å². The van der Waals surface area contributed by atoms with E-state index in [1.807, 2.05) is 6.07 Å². The molecule has 2 bridgehead atoms. The first-order valence-corrected chi connectivity index (χ1v) is 10.5. The molecular formula is C20H19F6N7O. The van der Waals surface area contributed by atoms with Gasteiger partial charge in [-0.3, -0.25) is 0 Å². The number of rotatable bonds is 5. The van der Waals surface area contributed by atoms with Crippen molar-refractivity contribution in [1.82, 2.24) is 24.6 Å². The molecular weight excluding hydrogens is 468 g/mol. The zero-order valence-electron chi connectivity index (χ0n) is 17.5. The summed E-state index contributed by atoms with van der Waals surface area (Å²) in [6, 6.07) is 3.18. The van der Waals surface area contributed by atoms with Crippen molar-refractivity contribution in [1.29, 1.82) is 0 Å². The third kappa shape index (κ3) is 4.40. The number of pyridine rings is 1. The van der Waals surface area contributed by atoms with E-state index in [0.29, 0.717) is 23.7 Å². The van der Waals surface area contributed by atoms with Crippen molar-refractivity contribution in [2.24, 2.45) is 11.8 Å². The van der Waals surface area contributed by atoms with E-state index in [2.05, 4.69) is 30.3 Å². The van der Waals surface area contributed by atoms with Crippen molar-refractivity contribution in [3.63, 3.8) is 0 Å². The second-order valence-electron chi connectivity index (χ2n) is 8.40. The zero-order chi connectivity index (χ0) is 24.1. The molecule has 0 radical (unpaired) electrons. The predicted octanol–water partition coefficient (Wildman–Crippen LogP) is 3.81. The highest BCUT2D eigenvalue weighted by Gasteiger charge is 2.43. The monoisotopic (exact) mass is 487 g/mol. The molecule has 1 aliphatic carbocycles. The van der Waals surface area contributed by atoms with Crippen molar-refractivity contribution >= 4 is 17.4 Å². The molecule has 14 heteroatoms. The molecule has 34 heavy (non-hydrogen) atoms. The Kier molecular flexibility index (Phi) is 5.40. The lowest BCUT2D eigenvalue weighted by Gasteiger charge is -2.38. The number of anilines is 2. The van der Waals surface area contributed by atoms with Crippen LogP contribution in [0, 0.1) is 11.8 Å². The Morgan fingerprint density at radius 3 is 2.38 bits per heavy atom. The van der Waals surface area contributed by atoms with Gasteiger partial charge < -0.3 is 15.0 Å². The summed E-state index contributed by atoms with van der Waals surface area (Å²) in [4.78, 5) is 14.4. The Morgan fingerprint density at radius 1 is 1.03 bits per heavy atom. The van der Waals surface area contributed by atoms with Crippen LogP contribution in [-0.4, -0.2) is 56.5 Å². The van der Waals surface area contributed by atoms with E-state index >= 15 is 0 Å². The van der Waals surface area contributed by atoms with Crippen LogP contribution in [0.5, 0.6) is 5.75 Å². The molecule has 3 aromatic rings. The van der Waals surface area contributed by atoms with Gasteiger partial charge in [-0.1, -0.05) is 0 Å². The van der Waals surface area contributed by atoms with E-state index in [0.717, 1.165) is 24.7 Å². The Bertz CT molecular complexity index is 1150. The standard InChI is InChI=1S/C20H19F6N7O/c21-19(22,23)9-34-13-3-4-14(20(24,25)26)33-17(13)30-18(31-33)29-16-11-1-2-12(16)8-32(7-11)15-5-6-27-10-28-15/h3-6,10-12,16H,1-2,7-9H2,(H,29,31)/t11-,12+,16?. The molecule has 1 saturated heterocycles. The van der Waals surface area contributed by atoms with Crippen molar-refractivity contribution in [3.8, 4) is 5.75 Å². The Labute approximate surface area is 189 Å². The molecule has 1 aliphatic heterocycles. The van der Waals surface area contributed by atoms with Crippen molar-refractivity contribution in [3.05, 3.63) is 36.4 Å². The first kappa shape index (κ1) is 22.5. The van der Waals surface area contributed by atoms with E-state index in [4.69, 9.17) is 4.74 Å². The van der Waals surface area contributed by atoms with E-state index in [-0.39, 0.29) is 23.8 Å². The van der Waals surface area contributed by atoms with Crippen LogP contribution in [0.1, 0.15) is 18.5 Å². The van der Waals surface area contributed by atoms with Gasteiger partial charge >= 0.3 is 12.4 Å². The minimum absolute atomic E-state index is 0.0917. The fourth-order valence-electron chi connectivity index (χ4n) is 4.75. The lowest BCUT2D eigenvalue weighted by atomic mass is 9.92. The van der Waals surface area contributed by atoms with Gasteiger partial charge in [-0.25, -0.2) is 14.5 Å². The van der Waals surface area contributed by atoms with Crippen LogP contribution in [0.25, 0.3) is 5.65 Å². The molecule has 5 rings (SSSR count). The second kappa shape index (κ2) is 8.17. The van der Waals surface area contributed by atoms with Crippen molar-refractivity contribution in [2.75, 3.05) is 29.9 Å². The minimum atomic E-state index is -4.78. The van der Waals surface area contributed by atoms with Gasteiger partial charge in [0.25, 0.3) is 0 Å². The molecule has 1 unspecified atom stereocenters. The second-order valence-corrected chi connectivity index (χ2v) is 8.40. The quantitative estimate of drug-likeness (QED) is 0.549. The highest BCUT2D eigenvalue weighted by atomic mass is 19.4. The minimum Gasteiger partial charge on any atom is -0.480 e. The summed E-state index contributed by atoms with van der Waals surface area (Å²) < 4.78 is 83.4. The van der Waals surface area contributed by atoms with Gasteiger partial charge in [-0.05, 0) is 42.9 Å². The first-order valence-electron chi connectivity index (χ1n) is 10.5. The number of ether oxygens (including phenoxy) is 1. The molecule has 0 aromatic carbocycles. The molecule has 0 amide bonds. The van der Waals surface area contributed by atoms with Crippen LogP contribution in [0.3, 0.4) is 0 Å². The third-order valence-corrected chi connectivity index (χ3v) is 6.15. The molecule has 3 atom stereocenters. The molecule has 2 fully saturated rings. The normalized spacial score (nSPS) is 22.9. The number of hydrogen-bond donors (Lipinski definition) is 1. The van der Waals surface area contributed by atoms with Gasteiger partial charge in [-0.2, -0.15) is 31.3 Å². The SMILES string of the molecule is FC(F)(F)COc1ccc(C(F)(F)F)n2nc(NC3[C@@H]4CC[C@H]3CN(c3ccncn3)C4)nc12. The van der Waals surface area contributed by atoms with Gasteiger partial charge in [0.2, 0.25) is 5.95 Å². The molecule has 2 aliphatic rings. The summed E-state index contributed by atoms with van der Waals surface area (Å²) in [6.07, 6.45) is -4.49. The molecule has 3 aromatic heterocycles. The number of halogens is 6. The van der Waals surface area contributed by atoms with Crippen LogP contribution in [-0.2, 0) is 6.18 Å². The van der Waals surface area contributed by atoms with Gasteiger partial charge in [0.1, 0.15) is 17.8 Å². The molecule has 1 N–H and O–H groups in total. The van der Waals surface area contributed by atoms with E-state index in [1.165, 1.54) is 6.33 Å². The number of piperidine rings is 1. The first-order chi connectivity index (χ1) is 16.1. The Balaban J connectivity index is 1.41. The number of hydrogen-bond acceptors (Lipinski definition) is 7. The maximum absolute atomic E-state index is 13.5. The van der Waals surface area contributed by atoms with E-state index < -0.39 is 36.1 Å². The van der Waals surface area contributed by atoms with Crippen LogP contribution >= 0.6 is 0 Å². The van der Waals surface area contributed by atoms with Gasteiger partial charge in [0.05, 0.1) is 0 Å². The summed E-state index contributed by atoms with van der Waals surface area (Å²) in [7, 11) is 0. The Morgan fingerprint density at radius 2 is 1.76 bits per heavy atom. The summed E-state index contributed by atoms with van der Waals surface area (Å²) >= 11 is 0. The summed E-state index contributed by atoms with van der Waals surface area (Å²) in [5.74, 6) is 0.613. The van der Waals surface area contributed by atoms with Crippen LogP contribution in [0.2, 0.25) is 0 Å². The number of nitrogens with one attached hydrogen (secondary N) is 1. The fraction of sp³-hybridized carbons (Fsp3) is 0.500. The smallest absolute Gasteiger partial charge is 0.433 e. The number of aromatic nitrogens is 5. The highest BCUT2D eigenvalue weighted by Crippen LogP contribution is 2.40. The maximum Gasteiger partial charge on any atom is 0.433 e. The van der Waals surface area contributed by atoms with Crippen LogP contribution < -0.4 is 15.0 Å². The van der Waals surface area contributed by atoms with Gasteiger partial charge in [0.15, 0.2) is 18.0 Å². The van der Waals surface area contributed by atoms with Crippen molar-refractivity contribution in [2.45, 2.75) is 31.2 Å². The number of alkyl halides is 6. The summed E-state index contributed by atoms with van der Waals surface area (Å²) in [6.45, 7) is -0.284. The number of fused-ring (bicyclic) bond motifs is 3. The maximum atomic E-state index is 13.5. The molecule has 0 spiro atoms. The fourth-order valence-corrected chi connectivity index (χ4v) is 4.75. The molecule has 4 heterocycles. The lowest BCUT2D eigenvalue weighted by Crippen LogP contribution is -2.48. The lowest BCUT2D eigenvalue weighted by molar-refractivity contribution is -0.153. The molecule has 1 saturated carbocycles. The highest BCUT2D eigenvalue weighted by molar-refractivity contribution is 5.57. The summed E-state index contributed by atoms with van der Waals surface area (Å²) in [5.41, 5.74) is -1.60. The number of nitrogens with zero attached hydrogens (tertiary/aromatic N) is 6. The predicted molar refractivity (Wildman–Crippen MR) is 107 cm³/mol.